The maximum absolute atomic E-state index is 13.8. The standard InChI is InChI=1S/C16H25FN6O3/c1-2-3-4-5-11(9-22(26)10-24)15(25)23(18)16-19-8-13(17)14(21-16)20-12-6-7-12/h8,10-12,26H,2-7,9,18H2,1H3,(H,19,20,21)/t11-/m1/s1. The molecule has 0 bridgehead atoms. The van der Waals surface area contributed by atoms with E-state index in [4.69, 9.17) is 5.84 Å². The number of carbonyl (C=O) groups is 2. The molecule has 1 atom stereocenters. The molecule has 0 aromatic carbocycles. The highest BCUT2D eigenvalue weighted by atomic mass is 19.1. The second-order valence-corrected chi connectivity index (χ2v) is 6.41. The summed E-state index contributed by atoms with van der Waals surface area (Å²) in [6, 6.07) is 0.173. The second-order valence-electron chi connectivity index (χ2n) is 6.41. The van der Waals surface area contributed by atoms with E-state index in [0.717, 1.165) is 43.3 Å². The summed E-state index contributed by atoms with van der Waals surface area (Å²) in [5.41, 5.74) is 0. The third kappa shape index (κ3) is 5.60. The number of nitrogens with two attached hydrogens (primary N) is 1. The van der Waals surface area contributed by atoms with E-state index in [2.05, 4.69) is 15.3 Å². The van der Waals surface area contributed by atoms with E-state index in [-0.39, 0.29) is 30.8 Å². The molecular weight excluding hydrogens is 343 g/mol. The normalized spacial score (nSPS) is 14.6. The highest BCUT2D eigenvalue weighted by Gasteiger charge is 2.28. The first kappa shape index (κ1) is 20.0. The van der Waals surface area contributed by atoms with Crippen LogP contribution in [0.3, 0.4) is 0 Å². The van der Waals surface area contributed by atoms with E-state index in [9.17, 15) is 19.2 Å². The Morgan fingerprint density at radius 1 is 1.54 bits per heavy atom. The maximum Gasteiger partial charge on any atom is 0.249 e. The lowest BCUT2D eigenvalue weighted by Gasteiger charge is -2.23. The molecule has 0 radical (unpaired) electrons. The van der Waals surface area contributed by atoms with Gasteiger partial charge in [0.05, 0.1) is 18.7 Å². The van der Waals surface area contributed by atoms with E-state index < -0.39 is 17.6 Å². The van der Waals surface area contributed by atoms with Crippen LogP contribution in [0.4, 0.5) is 16.2 Å². The summed E-state index contributed by atoms with van der Waals surface area (Å²) in [4.78, 5) is 31.1. The lowest BCUT2D eigenvalue weighted by Crippen LogP contribution is -2.46. The fourth-order valence-electron chi connectivity index (χ4n) is 2.49. The Balaban J connectivity index is 2.11. The lowest BCUT2D eigenvalue weighted by molar-refractivity contribution is -0.154. The summed E-state index contributed by atoms with van der Waals surface area (Å²) in [6.45, 7) is 1.84. The van der Waals surface area contributed by atoms with Crippen molar-refractivity contribution in [2.45, 2.75) is 51.5 Å². The lowest BCUT2D eigenvalue weighted by atomic mass is 10.00. The molecule has 0 unspecified atom stereocenters. The van der Waals surface area contributed by atoms with Gasteiger partial charge in [0.15, 0.2) is 11.6 Å². The van der Waals surface area contributed by atoms with Crippen LogP contribution >= 0.6 is 0 Å². The van der Waals surface area contributed by atoms with Crippen molar-refractivity contribution in [1.29, 1.82) is 0 Å². The first-order chi connectivity index (χ1) is 12.5. The van der Waals surface area contributed by atoms with Gasteiger partial charge in [0.1, 0.15) is 0 Å². The predicted molar refractivity (Wildman–Crippen MR) is 92.5 cm³/mol. The number of hydrogen-bond donors (Lipinski definition) is 3. The van der Waals surface area contributed by atoms with Crippen LogP contribution in [0.15, 0.2) is 6.20 Å². The molecule has 4 N–H and O–H groups in total. The number of hydrazine groups is 1. The number of unbranched alkanes of at least 4 members (excludes halogenated alkanes) is 2. The zero-order chi connectivity index (χ0) is 19.1. The molecule has 26 heavy (non-hydrogen) atoms. The molecule has 144 valence electrons. The Morgan fingerprint density at radius 2 is 2.27 bits per heavy atom. The van der Waals surface area contributed by atoms with Crippen LogP contribution in [0.1, 0.15) is 45.4 Å². The van der Waals surface area contributed by atoms with Gasteiger partial charge in [-0.2, -0.15) is 4.98 Å². The van der Waals surface area contributed by atoms with Crippen LogP contribution in [0.5, 0.6) is 0 Å². The van der Waals surface area contributed by atoms with E-state index in [1.807, 2.05) is 6.92 Å². The first-order valence-corrected chi connectivity index (χ1v) is 8.74. The van der Waals surface area contributed by atoms with Crippen molar-refractivity contribution in [3.05, 3.63) is 12.0 Å². The monoisotopic (exact) mass is 368 g/mol. The zero-order valence-corrected chi connectivity index (χ0v) is 14.8. The van der Waals surface area contributed by atoms with Crippen molar-refractivity contribution in [2.24, 2.45) is 11.8 Å². The number of rotatable bonds is 11. The van der Waals surface area contributed by atoms with Crippen molar-refractivity contribution in [3.8, 4) is 0 Å². The van der Waals surface area contributed by atoms with Gasteiger partial charge in [0, 0.05) is 6.04 Å². The minimum absolute atomic E-state index is 0.0000377. The third-order valence-electron chi connectivity index (χ3n) is 4.14. The van der Waals surface area contributed by atoms with Crippen molar-refractivity contribution in [1.82, 2.24) is 15.0 Å². The van der Waals surface area contributed by atoms with E-state index >= 15 is 0 Å². The molecular formula is C16H25FN6O3. The van der Waals surface area contributed by atoms with Crippen LogP contribution in [0.25, 0.3) is 0 Å². The maximum atomic E-state index is 13.8. The van der Waals surface area contributed by atoms with E-state index in [1.165, 1.54) is 0 Å². The number of nitrogens with zero attached hydrogens (tertiary/aromatic N) is 4. The molecule has 0 saturated heterocycles. The van der Waals surface area contributed by atoms with Gasteiger partial charge in [-0.1, -0.05) is 26.2 Å². The van der Waals surface area contributed by atoms with Crippen molar-refractivity contribution >= 4 is 24.1 Å². The first-order valence-electron chi connectivity index (χ1n) is 8.74. The summed E-state index contributed by atoms with van der Waals surface area (Å²) in [5, 5.41) is 13.5. The number of halogens is 1. The number of hydroxylamine groups is 2. The molecule has 1 aliphatic carbocycles. The Morgan fingerprint density at radius 3 is 2.88 bits per heavy atom. The zero-order valence-electron chi connectivity index (χ0n) is 14.8. The van der Waals surface area contributed by atoms with Gasteiger partial charge in [-0.3, -0.25) is 14.8 Å². The smallest absolute Gasteiger partial charge is 0.249 e. The Bertz CT molecular complexity index is 628. The van der Waals surface area contributed by atoms with Crippen molar-refractivity contribution in [2.75, 3.05) is 16.9 Å². The molecule has 1 aromatic rings. The number of anilines is 2. The SMILES string of the molecule is CCCCC[C@H](CN(O)C=O)C(=O)N(N)c1ncc(F)c(NC2CC2)n1. The number of hydrogen-bond acceptors (Lipinski definition) is 7. The fourth-order valence-corrected chi connectivity index (χ4v) is 2.49. The topological polar surface area (TPSA) is 125 Å². The molecule has 1 fully saturated rings. The Hall–Kier alpha value is -2.33. The van der Waals surface area contributed by atoms with Gasteiger partial charge in [0.2, 0.25) is 18.3 Å². The summed E-state index contributed by atoms with van der Waals surface area (Å²) in [5.74, 6) is 3.82. The number of nitrogens with one attached hydrogen (secondary N) is 1. The predicted octanol–water partition coefficient (Wildman–Crippen LogP) is 1.44. The number of amides is 2. The van der Waals surface area contributed by atoms with Gasteiger partial charge in [0.25, 0.3) is 0 Å². The van der Waals surface area contributed by atoms with Crippen LogP contribution in [-0.4, -0.2) is 45.1 Å². The van der Waals surface area contributed by atoms with Crippen LogP contribution in [0, 0.1) is 11.7 Å². The van der Waals surface area contributed by atoms with Gasteiger partial charge in [-0.05, 0) is 19.3 Å². The van der Waals surface area contributed by atoms with Gasteiger partial charge < -0.3 is 5.32 Å². The minimum atomic E-state index is -0.713. The average molecular weight is 368 g/mol. The minimum Gasteiger partial charge on any atom is -0.365 e. The molecule has 1 saturated carbocycles. The van der Waals surface area contributed by atoms with E-state index in [1.54, 1.807) is 0 Å². The Kier molecular flexibility index (Phi) is 7.22. The number of aromatic nitrogens is 2. The van der Waals surface area contributed by atoms with Gasteiger partial charge in [-0.25, -0.2) is 25.3 Å². The summed E-state index contributed by atoms with van der Waals surface area (Å²) < 4.78 is 13.8. The summed E-state index contributed by atoms with van der Waals surface area (Å²) >= 11 is 0. The number of carbonyl (C=O) groups excluding carboxylic acids is 2. The fraction of sp³-hybridized carbons (Fsp3) is 0.625. The van der Waals surface area contributed by atoms with Gasteiger partial charge >= 0.3 is 0 Å². The quantitative estimate of drug-likeness (QED) is 0.135. The molecule has 0 aliphatic heterocycles. The Labute approximate surface area is 151 Å². The van der Waals surface area contributed by atoms with Crippen molar-refractivity contribution < 1.29 is 19.2 Å². The highest BCUT2D eigenvalue weighted by molar-refractivity contribution is 5.92. The van der Waals surface area contributed by atoms with E-state index in [0.29, 0.717) is 11.5 Å². The largest absolute Gasteiger partial charge is 0.365 e. The highest BCUT2D eigenvalue weighted by Crippen LogP contribution is 2.26. The van der Waals surface area contributed by atoms with Crippen LogP contribution in [0.2, 0.25) is 0 Å². The van der Waals surface area contributed by atoms with Crippen molar-refractivity contribution in [3.63, 3.8) is 0 Å². The third-order valence-corrected chi connectivity index (χ3v) is 4.14. The average Bonchev–Trinajstić information content (AvgIpc) is 3.45. The summed E-state index contributed by atoms with van der Waals surface area (Å²) in [6.07, 6.45) is 6.10. The van der Waals surface area contributed by atoms with Gasteiger partial charge in [-0.15, -0.1) is 0 Å². The molecule has 1 aliphatic rings. The molecule has 10 heteroatoms. The molecule has 0 spiro atoms. The molecule has 1 heterocycles. The molecule has 2 amide bonds. The van der Waals surface area contributed by atoms with Crippen LogP contribution < -0.4 is 16.2 Å². The molecule has 2 rings (SSSR count). The molecule has 9 nitrogen and oxygen atoms in total. The molecule has 1 aromatic heterocycles. The second kappa shape index (κ2) is 9.39. The summed E-state index contributed by atoms with van der Waals surface area (Å²) in [7, 11) is 0. The van der Waals surface area contributed by atoms with Crippen LogP contribution in [-0.2, 0) is 9.59 Å².